The minimum atomic E-state index is 0.256. The van der Waals surface area contributed by atoms with Crippen LogP contribution in [0.4, 0.5) is 5.82 Å². The summed E-state index contributed by atoms with van der Waals surface area (Å²) in [6, 6.07) is 2.62. The summed E-state index contributed by atoms with van der Waals surface area (Å²) < 4.78 is 1.03. The molecule has 1 aromatic heterocycles. The number of anilines is 1. The average molecular weight is 328 g/mol. The van der Waals surface area contributed by atoms with Crippen molar-refractivity contribution in [3.05, 3.63) is 22.3 Å². The van der Waals surface area contributed by atoms with Gasteiger partial charge in [0.15, 0.2) is 0 Å². The molecule has 0 aliphatic carbocycles. The van der Waals surface area contributed by atoms with Gasteiger partial charge in [0.25, 0.3) is 0 Å². The van der Waals surface area contributed by atoms with Gasteiger partial charge >= 0.3 is 0 Å². The number of aromatic nitrogens is 1. The lowest BCUT2D eigenvalue weighted by Gasteiger charge is -2.29. The summed E-state index contributed by atoms with van der Waals surface area (Å²) in [4.78, 5) is 6.82. The van der Waals surface area contributed by atoms with Gasteiger partial charge in [-0.3, -0.25) is 0 Å². The summed E-state index contributed by atoms with van der Waals surface area (Å²) in [6.07, 6.45) is 1.87. The second-order valence-corrected chi connectivity index (χ2v) is 7.50. The lowest BCUT2D eigenvalue weighted by Crippen LogP contribution is -2.31. The Morgan fingerprint density at radius 2 is 2.00 bits per heavy atom. The van der Waals surface area contributed by atoms with Gasteiger partial charge in [0.1, 0.15) is 5.82 Å². The zero-order chi connectivity index (χ0) is 14.6. The number of pyridine rings is 1. The normalized spacial score (nSPS) is 12.0. The molecule has 108 valence electrons. The predicted octanol–water partition coefficient (Wildman–Crippen LogP) is 3.82. The monoisotopic (exact) mass is 327 g/mol. The van der Waals surface area contributed by atoms with E-state index in [1.165, 1.54) is 5.56 Å². The van der Waals surface area contributed by atoms with Crippen LogP contribution >= 0.6 is 15.9 Å². The van der Waals surface area contributed by atoms with Gasteiger partial charge in [-0.1, -0.05) is 34.6 Å². The van der Waals surface area contributed by atoms with Crippen LogP contribution in [0.3, 0.4) is 0 Å². The molecule has 4 heteroatoms. The smallest absolute Gasteiger partial charge is 0.132 e. The highest BCUT2D eigenvalue weighted by atomic mass is 79.9. The van der Waals surface area contributed by atoms with E-state index in [0.717, 1.165) is 23.4 Å². The molecule has 0 atom stereocenters. The van der Waals surface area contributed by atoms with Crippen LogP contribution in [0.25, 0.3) is 0 Å². The SMILES string of the molecule is CC(C)NCc1cc(Br)cnc1N(C)CC(C)(C)C. The Balaban J connectivity index is 2.92. The van der Waals surface area contributed by atoms with E-state index < -0.39 is 0 Å². The molecule has 0 radical (unpaired) electrons. The molecule has 1 aromatic rings. The summed E-state index contributed by atoms with van der Waals surface area (Å²) >= 11 is 3.51. The van der Waals surface area contributed by atoms with Crippen LogP contribution in [-0.4, -0.2) is 24.6 Å². The fourth-order valence-corrected chi connectivity index (χ4v) is 2.43. The summed E-state index contributed by atoms with van der Waals surface area (Å²) in [5.74, 6) is 1.06. The van der Waals surface area contributed by atoms with E-state index in [-0.39, 0.29) is 5.41 Å². The van der Waals surface area contributed by atoms with E-state index in [1.54, 1.807) is 0 Å². The van der Waals surface area contributed by atoms with Crippen LogP contribution in [0.5, 0.6) is 0 Å². The van der Waals surface area contributed by atoms with Crippen molar-refractivity contribution >= 4 is 21.7 Å². The molecule has 1 heterocycles. The van der Waals surface area contributed by atoms with Crippen molar-refractivity contribution in [3.8, 4) is 0 Å². The first-order valence-corrected chi connectivity index (χ1v) is 7.57. The Morgan fingerprint density at radius 3 is 2.53 bits per heavy atom. The second-order valence-electron chi connectivity index (χ2n) is 6.59. The maximum Gasteiger partial charge on any atom is 0.132 e. The fourth-order valence-electron chi connectivity index (χ4n) is 2.05. The number of halogens is 1. The quantitative estimate of drug-likeness (QED) is 0.890. The molecular weight excluding hydrogens is 302 g/mol. The summed E-state index contributed by atoms with van der Waals surface area (Å²) in [7, 11) is 2.11. The van der Waals surface area contributed by atoms with E-state index in [2.05, 4.69) is 78.9 Å². The van der Waals surface area contributed by atoms with Crippen LogP contribution in [0.1, 0.15) is 40.2 Å². The molecule has 3 nitrogen and oxygen atoms in total. The van der Waals surface area contributed by atoms with Gasteiger partial charge in [0.05, 0.1) is 0 Å². The highest BCUT2D eigenvalue weighted by Gasteiger charge is 2.17. The molecule has 0 aromatic carbocycles. The molecule has 1 N–H and O–H groups in total. The molecule has 0 amide bonds. The first-order chi connectivity index (χ1) is 8.69. The van der Waals surface area contributed by atoms with E-state index >= 15 is 0 Å². The largest absolute Gasteiger partial charge is 0.359 e. The summed E-state index contributed by atoms with van der Waals surface area (Å²) in [5.41, 5.74) is 1.49. The van der Waals surface area contributed by atoms with Gasteiger partial charge in [-0.25, -0.2) is 4.98 Å². The Labute approximate surface area is 125 Å². The van der Waals surface area contributed by atoms with Crippen LogP contribution < -0.4 is 10.2 Å². The molecule has 0 spiro atoms. The van der Waals surface area contributed by atoms with E-state index in [9.17, 15) is 0 Å². The highest BCUT2D eigenvalue weighted by molar-refractivity contribution is 9.10. The molecule has 0 bridgehead atoms. The number of rotatable bonds is 5. The first-order valence-electron chi connectivity index (χ1n) is 6.78. The molecule has 0 saturated carbocycles. The Kier molecular flexibility index (Phi) is 5.81. The van der Waals surface area contributed by atoms with E-state index in [0.29, 0.717) is 6.04 Å². The average Bonchev–Trinajstić information content (AvgIpc) is 2.23. The molecular formula is C15H26BrN3. The molecule has 0 aliphatic heterocycles. The van der Waals surface area contributed by atoms with Crippen molar-refractivity contribution < 1.29 is 0 Å². The van der Waals surface area contributed by atoms with Crippen molar-refractivity contribution in [2.24, 2.45) is 5.41 Å². The third-order valence-electron chi connectivity index (χ3n) is 2.68. The van der Waals surface area contributed by atoms with Crippen molar-refractivity contribution in [1.29, 1.82) is 0 Å². The third kappa shape index (κ3) is 5.91. The molecule has 0 saturated heterocycles. The molecule has 1 rings (SSSR count). The van der Waals surface area contributed by atoms with E-state index in [4.69, 9.17) is 0 Å². The maximum atomic E-state index is 4.58. The Bertz CT molecular complexity index is 410. The first kappa shape index (κ1) is 16.4. The predicted molar refractivity (Wildman–Crippen MR) is 86.6 cm³/mol. The molecule has 0 fully saturated rings. The minimum Gasteiger partial charge on any atom is -0.359 e. The minimum absolute atomic E-state index is 0.256. The zero-order valence-corrected chi connectivity index (χ0v) is 14.5. The van der Waals surface area contributed by atoms with Gasteiger partial charge in [-0.15, -0.1) is 0 Å². The van der Waals surface area contributed by atoms with Gasteiger partial charge in [0, 0.05) is 42.4 Å². The highest BCUT2D eigenvalue weighted by Crippen LogP contribution is 2.24. The van der Waals surface area contributed by atoms with Gasteiger partial charge in [0.2, 0.25) is 0 Å². The third-order valence-corrected chi connectivity index (χ3v) is 3.12. The number of hydrogen-bond donors (Lipinski definition) is 1. The molecule has 0 aliphatic rings. The Morgan fingerprint density at radius 1 is 1.37 bits per heavy atom. The zero-order valence-electron chi connectivity index (χ0n) is 12.9. The van der Waals surface area contributed by atoms with Crippen LogP contribution in [-0.2, 0) is 6.54 Å². The lowest BCUT2D eigenvalue weighted by atomic mass is 9.96. The second kappa shape index (κ2) is 6.71. The molecule has 0 unspecified atom stereocenters. The van der Waals surface area contributed by atoms with Crippen molar-refractivity contribution in [1.82, 2.24) is 10.3 Å². The van der Waals surface area contributed by atoms with Crippen molar-refractivity contribution in [2.75, 3.05) is 18.5 Å². The van der Waals surface area contributed by atoms with Crippen LogP contribution in [0.15, 0.2) is 16.7 Å². The Hall–Kier alpha value is -0.610. The number of nitrogens with zero attached hydrogens (tertiary/aromatic N) is 2. The van der Waals surface area contributed by atoms with Crippen molar-refractivity contribution in [2.45, 2.75) is 47.2 Å². The number of hydrogen-bond acceptors (Lipinski definition) is 3. The molecule has 19 heavy (non-hydrogen) atoms. The number of nitrogens with one attached hydrogen (secondary N) is 1. The maximum absolute atomic E-state index is 4.58. The van der Waals surface area contributed by atoms with Gasteiger partial charge in [-0.05, 0) is 27.4 Å². The topological polar surface area (TPSA) is 28.2 Å². The van der Waals surface area contributed by atoms with Crippen LogP contribution in [0, 0.1) is 5.41 Å². The fraction of sp³-hybridized carbons (Fsp3) is 0.667. The summed E-state index contributed by atoms with van der Waals surface area (Å²) in [5, 5.41) is 3.46. The van der Waals surface area contributed by atoms with E-state index in [1.807, 2.05) is 6.20 Å². The van der Waals surface area contributed by atoms with Gasteiger partial charge in [-0.2, -0.15) is 0 Å². The standard InChI is InChI=1S/C15H26BrN3/c1-11(2)17-8-12-7-13(16)9-18-14(12)19(6)10-15(3,4)5/h7,9,11,17H,8,10H2,1-6H3. The van der Waals surface area contributed by atoms with Gasteiger partial charge < -0.3 is 10.2 Å². The van der Waals surface area contributed by atoms with Crippen LogP contribution in [0.2, 0.25) is 0 Å². The van der Waals surface area contributed by atoms with Crippen molar-refractivity contribution in [3.63, 3.8) is 0 Å². The summed E-state index contributed by atoms with van der Waals surface area (Å²) in [6.45, 7) is 12.9. The lowest BCUT2D eigenvalue weighted by molar-refractivity contribution is 0.417.